The summed E-state index contributed by atoms with van der Waals surface area (Å²) in [6, 6.07) is 5.16. The first kappa shape index (κ1) is 22.1. The number of rotatable bonds is 5. The van der Waals surface area contributed by atoms with E-state index < -0.39 is 12.1 Å². The van der Waals surface area contributed by atoms with E-state index in [0.717, 1.165) is 0 Å². The number of hydrogen-bond acceptors (Lipinski definition) is 7. The van der Waals surface area contributed by atoms with Crippen LogP contribution in [0.4, 0.5) is 18.9 Å². The van der Waals surface area contributed by atoms with Crippen molar-refractivity contribution in [2.45, 2.75) is 18.5 Å². The van der Waals surface area contributed by atoms with Crippen LogP contribution < -0.4 is 20.9 Å². The van der Waals surface area contributed by atoms with E-state index in [0.29, 0.717) is 67.7 Å². The van der Waals surface area contributed by atoms with E-state index in [-0.39, 0.29) is 24.7 Å². The molecule has 7 nitrogen and oxygen atoms in total. The van der Waals surface area contributed by atoms with Gasteiger partial charge in [0.05, 0.1) is 31.1 Å². The molecule has 3 aliphatic rings. The molecule has 4 heterocycles. The molecule has 33 heavy (non-hydrogen) atoms. The van der Waals surface area contributed by atoms with E-state index >= 15 is 0 Å². The second kappa shape index (κ2) is 9.28. The molecule has 0 spiro atoms. The van der Waals surface area contributed by atoms with Crippen molar-refractivity contribution in [2.75, 3.05) is 50.8 Å². The Bertz CT molecular complexity index is 1030. The van der Waals surface area contributed by atoms with Crippen molar-refractivity contribution in [1.29, 1.82) is 0 Å². The maximum Gasteiger partial charge on any atom is 0.260 e. The smallest absolute Gasteiger partial charge is 0.260 e. The summed E-state index contributed by atoms with van der Waals surface area (Å²) in [6.45, 7) is 3.10. The number of fused-ring (bicyclic) bond motifs is 1. The molecule has 0 aliphatic carbocycles. The van der Waals surface area contributed by atoms with Gasteiger partial charge in [-0.1, -0.05) is 6.07 Å². The standard InChI is InChI=1S/C23H27F3N6O/c24-17-9-16(1-2-20(17)32-5-7-33-8-6-32)18-10-19-21(29-4-3-28-19)22(31-18)30-13-15-11-23(25,26)14-27-12-15/h1-4,9-10,15,22,27,30-31H,5-8,11-14H2. The van der Waals surface area contributed by atoms with Gasteiger partial charge in [0.1, 0.15) is 17.7 Å². The average Bonchev–Trinajstić information content (AvgIpc) is 2.82. The van der Waals surface area contributed by atoms with Crippen molar-refractivity contribution in [3.63, 3.8) is 0 Å². The molecular weight excluding hydrogens is 433 g/mol. The summed E-state index contributed by atoms with van der Waals surface area (Å²) in [4.78, 5) is 10.8. The summed E-state index contributed by atoms with van der Waals surface area (Å²) >= 11 is 0. The minimum absolute atomic E-state index is 0.163. The highest BCUT2D eigenvalue weighted by Gasteiger charge is 2.36. The van der Waals surface area contributed by atoms with Crippen LogP contribution in [-0.2, 0) is 4.74 Å². The number of ether oxygens (including phenoxy) is 1. The zero-order valence-electron chi connectivity index (χ0n) is 18.2. The van der Waals surface area contributed by atoms with E-state index in [4.69, 9.17) is 4.74 Å². The number of aromatic nitrogens is 2. The normalized spacial score (nSPS) is 24.6. The van der Waals surface area contributed by atoms with E-state index in [1.54, 1.807) is 18.5 Å². The summed E-state index contributed by atoms with van der Waals surface area (Å²) in [5.41, 5.74) is 3.27. The number of halogens is 3. The molecule has 1 aromatic heterocycles. The van der Waals surface area contributed by atoms with Crippen LogP contribution in [0.5, 0.6) is 0 Å². The van der Waals surface area contributed by atoms with Crippen LogP contribution in [0.3, 0.4) is 0 Å². The van der Waals surface area contributed by atoms with Crippen molar-refractivity contribution >= 4 is 17.5 Å². The fourth-order valence-corrected chi connectivity index (χ4v) is 4.60. The highest BCUT2D eigenvalue weighted by Crippen LogP contribution is 2.30. The largest absolute Gasteiger partial charge is 0.378 e. The first-order valence-corrected chi connectivity index (χ1v) is 11.2. The lowest BCUT2D eigenvalue weighted by Crippen LogP contribution is -2.48. The Labute approximate surface area is 190 Å². The molecule has 0 amide bonds. The third kappa shape index (κ3) is 4.97. The number of morpholine rings is 1. The third-order valence-corrected chi connectivity index (χ3v) is 6.24. The summed E-state index contributed by atoms with van der Waals surface area (Å²) < 4.78 is 47.9. The summed E-state index contributed by atoms with van der Waals surface area (Å²) in [5.74, 6) is -3.22. The van der Waals surface area contributed by atoms with Gasteiger partial charge in [0.2, 0.25) is 0 Å². The highest BCUT2D eigenvalue weighted by atomic mass is 19.3. The van der Waals surface area contributed by atoms with E-state index in [2.05, 4.69) is 25.9 Å². The molecule has 3 N–H and O–H groups in total. The van der Waals surface area contributed by atoms with Crippen molar-refractivity contribution in [3.8, 4) is 0 Å². The van der Waals surface area contributed by atoms with Crippen LogP contribution >= 0.6 is 0 Å². The number of hydrogen-bond donors (Lipinski definition) is 3. The van der Waals surface area contributed by atoms with Crippen LogP contribution in [0, 0.1) is 11.7 Å². The number of anilines is 1. The van der Waals surface area contributed by atoms with E-state index in [1.807, 2.05) is 17.0 Å². The summed E-state index contributed by atoms with van der Waals surface area (Å²) in [5, 5.41) is 9.47. The summed E-state index contributed by atoms with van der Waals surface area (Å²) in [6.07, 6.45) is 4.44. The number of alkyl halides is 2. The Hall–Kier alpha value is -2.69. The van der Waals surface area contributed by atoms with Gasteiger partial charge >= 0.3 is 0 Å². The zero-order valence-corrected chi connectivity index (χ0v) is 18.2. The van der Waals surface area contributed by atoms with Crippen LogP contribution in [0.2, 0.25) is 0 Å². The van der Waals surface area contributed by atoms with Crippen molar-refractivity contribution in [2.24, 2.45) is 5.92 Å². The SMILES string of the molecule is Fc1cc(C2=Cc3nccnc3C(NCC3CNCC(F)(F)C3)N2)ccc1N1CCOCC1. The predicted octanol–water partition coefficient (Wildman–Crippen LogP) is 2.39. The lowest BCUT2D eigenvalue weighted by molar-refractivity contribution is -0.0392. The van der Waals surface area contributed by atoms with Crippen molar-refractivity contribution < 1.29 is 17.9 Å². The first-order chi connectivity index (χ1) is 16.0. The van der Waals surface area contributed by atoms with Crippen molar-refractivity contribution in [1.82, 2.24) is 25.9 Å². The second-order valence-corrected chi connectivity index (χ2v) is 8.69. The van der Waals surface area contributed by atoms with E-state index in [9.17, 15) is 13.2 Å². The van der Waals surface area contributed by atoms with Gasteiger partial charge in [-0.15, -0.1) is 0 Å². The van der Waals surface area contributed by atoms with Crippen LogP contribution in [-0.4, -0.2) is 61.8 Å². The van der Waals surface area contributed by atoms with Crippen LogP contribution in [0.15, 0.2) is 30.6 Å². The number of benzene rings is 1. The molecular formula is C23H27F3N6O. The Morgan fingerprint density at radius 1 is 1.18 bits per heavy atom. The molecule has 2 unspecified atom stereocenters. The van der Waals surface area contributed by atoms with Gasteiger partial charge in [-0.3, -0.25) is 15.3 Å². The maximum atomic E-state index is 15.0. The topological polar surface area (TPSA) is 74.3 Å². The quantitative estimate of drug-likeness (QED) is 0.633. The molecule has 5 rings (SSSR count). The Morgan fingerprint density at radius 2 is 2.00 bits per heavy atom. The molecule has 0 saturated carbocycles. The molecule has 2 saturated heterocycles. The minimum Gasteiger partial charge on any atom is -0.378 e. The average molecular weight is 461 g/mol. The minimum atomic E-state index is -2.70. The monoisotopic (exact) mass is 460 g/mol. The number of nitrogens with zero attached hydrogens (tertiary/aromatic N) is 3. The fraction of sp³-hybridized carbons (Fsp3) is 0.478. The Balaban J connectivity index is 1.34. The molecule has 0 bridgehead atoms. The Morgan fingerprint density at radius 3 is 2.79 bits per heavy atom. The third-order valence-electron chi connectivity index (χ3n) is 6.24. The fourth-order valence-electron chi connectivity index (χ4n) is 4.60. The van der Waals surface area contributed by atoms with Gasteiger partial charge in [0.15, 0.2) is 0 Å². The van der Waals surface area contributed by atoms with Gasteiger partial charge in [-0.2, -0.15) is 0 Å². The summed E-state index contributed by atoms with van der Waals surface area (Å²) in [7, 11) is 0. The molecule has 3 aliphatic heterocycles. The van der Waals surface area contributed by atoms with Gasteiger partial charge < -0.3 is 20.3 Å². The molecule has 1 aromatic carbocycles. The van der Waals surface area contributed by atoms with Crippen LogP contribution in [0.25, 0.3) is 11.8 Å². The Kier molecular flexibility index (Phi) is 6.22. The van der Waals surface area contributed by atoms with E-state index in [1.165, 1.54) is 6.07 Å². The lowest BCUT2D eigenvalue weighted by atomic mass is 9.96. The van der Waals surface area contributed by atoms with Gasteiger partial charge in [0, 0.05) is 49.7 Å². The molecule has 2 aromatic rings. The second-order valence-electron chi connectivity index (χ2n) is 8.69. The van der Waals surface area contributed by atoms with Crippen molar-refractivity contribution in [3.05, 3.63) is 53.4 Å². The molecule has 0 radical (unpaired) electrons. The molecule has 10 heteroatoms. The number of nitrogens with one attached hydrogen (secondary N) is 3. The zero-order chi connectivity index (χ0) is 22.8. The molecule has 176 valence electrons. The molecule has 2 fully saturated rings. The predicted molar refractivity (Wildman–Crippen MR) is 119 cm³/mol. The maximum absolute atomic E-state index is 15.0. The van der Waals surface area contributed by atoms with Gasteiger partial charge in [-0.05, 0) is 30.7 Å². The number of piperidine rings is 1. The first-order valence-electron chi connectivity index (χ1n) is 11.2. The van der Waals surface area contributed by atoms with Gasteiger partial charge in [0.25, 0.3) is 5.92 Å². The molecule has 2 atom stereocenters. The van der Waals surface area contributed by atoms with Crippen LogP contribution in [0.1, 0.15) is 29.5 Å². The highest BCUT2D eigenvalue weighted by molar-refractivity contribution is 5.82. The lowest BCUT2D eigenvalue weighted by Gasteiger charge is -2.33. The van der Waals surface area contributed by atoms with Gasteiger partial charge in [-0.25, -0.2) is 13.2 Å².